The van der Waals surface area contributed by atoms with Gasteiger partial charge in [-0.05, 0) is 67.8 Å². The Morgan fingerprint density at radius 3 is 2.59 bits per heavy atom. The van der Waals surface area contributed by atoms with E-state index in [0.717, 1.165) is 34.1 Å². The maximum atomic E-state index is 13.2. The van der Waals surface area contributed by atoms with Crippen LogP contribution >= 0.6 is 0 Å². The molecule has 198 valence electrons. The number of esters is 1. The number of fused-ring (bicyclic) bond motifs is 1. The SMILES string of the molecule is C=C1/C(=C\c2ccc(-c3ccc(C=O)cc3C)o2)OC2=CC(C)=C(C(=O)OCC)C(c3ccccc3OC)C12. The molecular formula is C33H30O6. The van der Waals surface area contributed by atoms with Crippen molar-refractivity contribution < 1.29 is 28.2 Å². The van der Waals surface area contributed by atoms with Crippen molar-refractivity contribution in [2.45, 2.75) is 26.7 Å². The summed E-state index contributed by atoms with van der Waals surface area (Å²) in [5.41, 5.74) is 5.40. The van der Waals surface area contributed by atoms with E-state index >= 15 is 0 Å². The molecule has 0 amide bonds. The first-order chi connectivity index (χ1) is 18.9. The summed E-state index contributed by atoms with van der Waals surface area (Å²) in [6.07, 6.45) is 4.54. The van der Waals surface area contributed by atoms with Crippen LogP contribution in [-0.2, 0) is 14.3 Å². The average Bonchev–Trinajstić information content (AvgIpc) is 3.51. The summed E-state index contributed by atoms with van der Waals surface area (Å²) in [6.45, 7) is 10.3. The van der Waals surface area contributed by atoms with Crippen molar-refractivity contribution in [2.75, 3.05) is 13.7 Å². The molecule has 0 bridgehead atoms. The standard InChI is InChI=1S/C33H30O6/c1-6-37-33(35)30-20(3)16-29-31(32(30)25-9-7-8-10-26(25)36-5)21(4)28(39-29)17-23-12-14-27(38-23)24-13-11-22(18-34)15-19(24)2/h7-18,31-32H,4,6H2,1-3,5H3/b28-17+. The average molecular weight is 523 g/mol. The number of para-hydroxylation sites is 1. The first-order valence-corrected chi connectivity index (χ1v) is 12.8. The summed E-state index contributed by atoms with van der Waals surface area (Å²) in [5.74, 6) is 2.16. The number of benzene rings is 2. The minimum atomic E-state index is -0.398. The zero-order valence-electron chi connectivity index (χ0n) is 22.4. The predicted molar refractivity (Wildman–Crippen MR) is 149 cm³/mol. The molecule has 1 aromatic heterocycles. The van der Waals surface area contributed by atoms with Crippen LogP contribution in [0.25, 0.3) is 17.4 Å². The van der Waals surface area contributed by atoms with E-state index in [-0.39, 0.29) is 18.5 Å². The molecule has 2 aromatic carbocycles. The third-order valence-electron chi connectivity index (χ3n) is 7.18. The summed E-state index contributed by atoms with van der Waals surface area (Å²) >= 11 is 0. The minimum absolute atomic E-state index is 0.274. The number of hydrogen-bond donors (Lipinski definition) is 0. The fourth-order valence-corrected chi connectivity index (χ4v) is 5.39. The molecule has 2 heterocycles. The van der Waals surface area contributed by atoms with Crippen molar-refractivity contribution in [1.29, 1.82) is 0 Å². The topological polar surface area (TPSA) is 75.0 Å². The molecule has 2 aliphatic rings. The second-order valence-corrected chi connectivity index (χ2v) is 9.59. The lowest BCUT2D eigenvalue weighted by Gasteiger charge is -2.31. The van der Waals surface area contributed by atoms with Gasteiger partial charge in [0.1, 0.15) is 35.1 Å². The summed E-state index contributed by atoms with van der Waals surface area (Å²) < 4.78 is 23.6. The first-order valence-electron chi connectivity index (χ1n) is 12.8. The van der Waals surface area contributed by atoms with Gasteiger partial charge in [0.25, 0.3) is 0 Å². The molecule has 2 atom stereocenters. The van der Waals surface area contributed by atoms with Gasteiger partial charge >= 0.3 is 5.97 Å². The van der Waals surface area contributed by atoms with Crippen LogP contribution in [0.1, 0.15) is 47.0 Å². The van der Waals surface area contributed by atoms with E-state index in [4.69, 9.17) is 18.6 Å². The molecule has 2 unspecified atom stereocenters. The highest BCUT2D eigenvalue weighted by atomic mass is 16.5. The lowest BCUT2D eigenvalue weighted by Crippen LogP contribution is -2.26. The van der Waals surface area contributed by atoms with Crippen LogP contribution in [0.2, 0.25) is 0 Å². The van der Waals surface area contributed by atoms with Crippen molar-refractivity contribution in [2.24, 2.45) is 5.92 Å². The van der Waals surface area contributed by atoms with E-state index < -0.39 is 5.92 Å². The van der Waals surface area contributed by atoms with E-state index in [2.05, 4.69) is 6.58 Å². The van der Waals surface area contributed by atoms with Gasteiger partial charge in [-0.3, -0.25) is 4.79 Å². The molecule has 0 spiro atoms. The largest absolute Gasteiger partial charge is 0.496 e. The molecule has 6 heteroatoms. The number of furan rings is 1. The Hall–Kier alpha value is -4.58. The first kappa shape index (κ1) is 26.0. The van der Waals surface area contributed by atoms with Crippen molar-refractivity contribution in [3.8, 4) is 17.1 Å². The Kier molecular flexibility index (Phi) is 7.11. The normalized spacial score (nSPS) is 19.4. The summed E-state index contributed by atoms with van der Waals surface area (Å²) in [6, 6.07) is 16.9. The molecular weight excluding hydrogens is 492 g/mol. The fourth-order valence-electron chi connectivity index (χ4n) is 5.39. The molecule has 1 fully saturated rings. The summed E-state index contributed by atoms with van der Waals surface area (Å²) in [5, 5.41) is 0. The summed E-state index contributed by atoms with van der Waals surface area (Å²) in [7, 11) is 1.62. The monoisotopic (exact) mass is 522 g/mol. The Balaban J connectivity index is 1.53. The smallest absolute Gasteiger partial charge is 0.334 e. The third kappa shape index (κ3) is 4.74. The lowest BCUT2D eigenvalue weighted by molar-refractivity contribution is -0.139. The van der Waals surface area contributed by atoms with Crippen molar-refractivity contribution >= 4 is 18.3 Å². The van der Waals surface area contributed by atoms with E-state index in [1.165, 1.54) is 0 Å². The van der Waals surface area contributed by atoms with Gasteiger partial charge < -0.3 is 18.6 Å². The molecule has 1 saturated heterocycles. The molecule has 6 nitrogen and oxygen atoms in total. The van der Waals surface area contributed by atoms with Gasteiger partial charge in [0.05, 0.1) is 19.6 Å². The fraction of sp³-hybridized carbons (Fsp3) is 0.212. The number of carbonyl (C=O) groups excluding carboxylic acids is 2. The maximum absolute atomic E-state index is 13.2. The Morgan fingerprint density at radius 1 is 1.08 bits per heavy atom. The Labute approximate surface area is 227 Å². The molecule has 0 radical (unpaired) electrons. The van der Waals surface area contributed by atoms with E-state index in [0.29, 0.717) is 39.9 Å². The van der Waals surface area contributed by atoms with Crippen molar-refractivity contribution in [1.82, 2.24) is 0 Å². The zero-order chi connectivity index (χ0) is 27.7. The number of aldehydes is 1. The van der Waals surface area contributed by atoms with Gasteiger partial charge in [-0.2, -0.15) is 0 Å². The maximum Gasteiger partial charge on any atom is 0.334 e. The number of hydrogen-bond acceptors (Lipinski definition) is 6. The molecule has 5 rings (SSSR count). The molecule has 39 heavy (non-hydrogen) atoms. The number of rotatable bonds is 7. The van der Waals surface area contributed by atoms with Gasteiger partial charge in [-0.25, -0.2) is 4.79 Å². The highest BCUT2D eigenvalue weighted by Gasteiger charge is 2.46. The number of allylic oxidation sites excluding steroid dienone is 4. The van der Waals surface area contributed by atoms with E-state index in [1.807, 2.05) is 74.5 Å². The van der Waals surface area contributed by atoms with E-state index in [9.17, 15) is 9.59 Å². The zero-order valence-corrected chi connectivity index (χ0v) is 22.4. The van der Waals surface area contributed by atoms with Gasteiger partial charge in [0.2, 0.25) is 0 Å². The predicted octanol–water partition coefficient (Wildman–Crippen LogP) is 7.18. The van der Waals surface area contributed by atoms with Crippen LogP contribution in [0.15, 0.2) is 99.9 Å². The van der Waals surface area contributed by atoms with Crippen LogP contribution in [0, 0.1) is 12.8 Å². The quantitative estimate of drug-likeness (QED) is 0.242. The highest BCUT2D eigenvalue weighted by Crippen LogP contribution is 2.53. The van der Waals surface area contributed by atoms with Crippen LogP contribution < -0.4 is 4.74 Å². The van der Waals surface area contributed by atoms with Gasteiger partial charge in [-0.1, -0.05) is 36.9 Å². The Bertz CT molecular complexity index is 1560. The van der Waals surface area contributed by atoms with Crippen molar-refractivity contribution in [3.63, 3.8) is 0 Å². The number of ether oxygens (including phenoxy) is 3. The summed E-state index contributed by atoms with van der Waals surface area (Å²) in [4.78, 5) is 24.3. The number of aryl methyl sites for hydroxylation is 1. The van der Waals surface area contributed by atoms with Crippen LogP contribution in [0.4, 0.5) is 0 Å². The second kappa shape index (κ2) is 10.7. The molecule has 1 aliphatic carbocycles. The second-order valence-electron chi connectivity index (χ2n) is 9.59. The van der Waals surface area contributed by atoms with Gasteiger partial charge in [0, 0.05) is 34.3 Å². The van der Waals surface area contributed by atoms with Crippen LogP contribution in [-0.4, -0.2) is 26.0 Å². The van der Waals surface area contributed by atoms with Crippen LogP contribution in [0.3, 0.4) is 0 Å². The van der Waals surface area contributed by atoms with Crippen LogP contribution in [0.5, 0.6) is 5.75 Å². The molecule has 0 N–H and O–H groups in total. The molecule has 1 aliphatic heterocycles. The minimum Gasteiger partial charge on any atom is -0.496 e. The van der Waals surface area contributed by atoms with E-state index in [1.54, 1.807) is 20.1 Å². The highest BCUT2D eigenvalue weighted by molar-refractivity contribution is 5.93. The third-order valence-corrected chi connectivity index (χ3v) is 7.18. The lowest BCUT2D eigenvalue weighted by atomic mass is 9.72. The Morgan fingerprint density at radius 2 is 1.87 bits per heavy atom. The molecule has 3 aromatic rings. The number of methoxy groups -OCH3 is 1. The van der Waals surface area contributed by atoms with Crippen molar-refractivity contribution in [3.05, 3.63) is 118 Å². The molecule has 0 saturated carbocycles. The van der Waals surface area contributed by atoms with Gasteiger partial charge in [-0.15, -0.1) is 0 Å². The number of carbonyl (C=O) groups is 2. The van der Waals surface area contributed by atoms with Gasteiger partial charge in [0.15, 0.2) is 0 Å².